The van der Waals surface area contributed by atoms with E-state index in [4.69, 9.17) is 17.3 Å². The summed E-state index contributed by atoms with van der Waals surface area (Å²) < 4.78 is 0.373. The van der Waals surface area contributed by atoms with Crippen LogP contribution in [0.15, 0.2) is 18.2 Å². The van der Waals surface area contributed by atoms with Crippen molar-refractivity contribution in [2.45, 2.75) is 31.6 Å². The van der Waals surface area contributed by atoms with E-state index in [0.29, 0.717) is 11.3 Å². The summed E-state index contributed by atoms with van der Waals surface area (Å²) >= 11 is 8.41. The van der Waals surface area contributed by atoms with Crippen molar-refractivity contribution in [1.82, 2.24) is 0 Å². The van der Waals surface area contributed by atoms with E-state index in [9.17, 15) is 0 Å². The Labute approximate surface area is 119 Å². The van der Waals surface area contributed by atoms with E-state index in [-0.39, 0.29) is 0 Å². The zero-order valence-corrected chi connectivity index (χ0v) is 12.7. The summed E-state index contributed by atoms with van der Waals surface area (Å²) in [6.07, 6.45) is 1.19. The third kappa shape index (κ3) is 3.34. The second kappa shape index (κ2) is 5.72. The Morgan fingerprint density at radius 3 is 2.83 bits per heavy atom. The van der Waals surface area contributed by atoms with E-state index in [1.54, 1.807) is 0 Å². The molecule has 0 unspecified atom stereocenters. The number of nitrogens with two attached hydrogens (primary N) is 1. The Hall–Kier alpha value is -0.380. The molecule has 2 rings (SSSR count). The standard InChI is InChI=1S/C14H21ClN2S/c1-14(2)5-6-17(7-8-18-14)13-4-3-11(10-16)9-12(13)15/h3-4,9H,5-8,10,16H2,1-2H3. The predicted molar refractivity (Wildman–Crippen MR) is 82.7 cm³/mol. The summed E-state index contributed by atoms with van der Waals surface area (Å²) in [5, 5.41) is 0.822. The van der Waals surface area contributed by atoms with Crippen LogP contribution in [0.25, 0.3) is 0 Å². The lowest BCUT2D eigenvalue weighted by Gasteiger charge is -2.25. The maximum absolute atomic E-state index is 6.36. The molecule has 1 aliphatic rings. The van der Waals surface area contributed by atoms with Crippen molar-refractivity contribution in [3.8, 4) is 0 Å². The van der Waals surface area contributed by atoms with Gasteiger partial charge in [0, 0.05) is 30.1 Å². The normalized spacial score (nSPS) is 19.7. The SMILES string of the molecule is CC1(C)CCN(c2ccc(CN)cc2Cl)CCS1. The maximum atomic E-state index is 6.36. The quantitative estimate of drug-likeness (QED) is 0.901. The summed E-state index contributed by atoms with van der Waals surface area (Å²) in [4.78, 5) is 2.39. The van der Waals surface area contributed by atoms with Crippen LogP contribution in [0.3, 0.4) is 0 Å². The van der Waals surface area contributed by atoms with Crippen molar-refractivity contribution in [2.24, 2.45) is 5.73 Å². The number of thioether (sulfide) groups is 1. The van der Waals surface area contributed by atoms with Crippen LogP contribution in [0.1, 0.15) is 25.8 Å². The molecule has 1 saturated heterocycles. The fourth-order valence-corrected chi connectivity index (χ4v) is 3.62. The fourth-order valence-electron chi connectivity index (χ4n) is 2.20. The van der Waals surface area contributed by atoms with Crippen LogP contribution in [0.2, 0.25) is 5.02 Å². The van der Waals surface area contributed by atoms with Gasteiger partial charge in [0.25, 0.3) is 0 Å². The molecule has 0 bridgehead atoms. The van der Waals surface area contributed by atoms with Crippen molar-refractivity contribution in [2.75, 3.05) is 23.7 Å². The molecule has 2 nitrogen and oxygen atoms in total. The van der Waals surface area contributed by atoms with Crippen molar-refractivity contribution < 1.29 is 0 Å². The molecular weight excluding hydrogens is 264 g/mol. The van der Waals surface area contributed by atoms with Gasteiger partial charge in [0.2, 0.25) is 0 Å². The molecule has 1 aliphatic heterocycles. The molecule has 4 heteroatoms. The third-order valence-corrected chi connectivity index (χ3v) is 5.10. The minimum Gasteiger partial charge on any atom is -0.369 e. The molecule has 100 valence electrons. The Morgan fingerprint density at radius 2 is 2.17 bits per heavy atom. The van der Waals surface area contributed by atoms with Gasteiger partial charge in [0.1, 0.15) is 0 Å². The second-order valence-corrected chi connectivity index (χ2v) is 7.54. The number of hydrogen-bond acceptors (Lipinski definition) is 3. The molecule has 0 aromatic heterocycles. The van der Waals surface area contributed by atoms with Crippen molar-refractivity contribution in [3.63, 3.8) is 0 Å². The summed E-state index contributed by atoms with van der Waals surface area (Å²) in [5.74, 6) is 1.15. The van der Waals surface area contributed by atoms with E-state index in [2.05, 4.69) is 30.9 Å². The minimum absolute atomic E-state index is 0.373. The average Bonchev–Trinajstić information content (AvgIpc) is 2.50. The van der Waals surface area contributed by atoms with Crippen LogP contribution < -0.4 is 10.6 Å². The number of benzene rings is 1. The zero-order valence-electron chi connectivity index (χ0n) is 11.1. The van der Waals surface area contributed by atoms with Gasteiger partial charge < -0.3 is 10.6 Å². The van der Waals surface area contributed by atoms with Gasteiger partial charge in [-0.2, -0.15) is 11.8 Å². The highest BCUT2D eigenvalue weighted by Crippen LogP contribution is 2.34. The van der Waals surface area contributed by atoms with Crippen LogP contribution in [-0.2, 0) is 6.54 Å². The first-order valence-electron chi connectivity index (χ1n) is 6.39. The van der Waals surface area contributed by atoms with Crippen LogP contribution in [0.4, 0.5) is 5.69 Å². The number of anilines is 1. The van der Waals surface area contributed by atoms with Gasteiger partial charge in [0.05, 0.1) is 10.7 Å². The number of nitrogens with zero attached hydrogens (tertiary/aromatic N) is 1. The van der Waals surface area contributed by atoms with Crippen LogP contribution in [0, 0.1) is 0 Å². The first kappa shape index (κ1) is 14.0. The van der Waals surface area contributed by atoms with Gasteiger partial charge in [0.15, 0.2) is 0 Å². The Balaban J connectivity index is 2.16. The summed E-state index contributed by atoms with van der Waals surface area (Å²) in [5.41, 5.74) is 7.87. The van der Waals surface area contributed by atoms with Crippen LogP contribution in [-0.4, -0.2) is 23.6 Å². The van der Waals surface area contributed by atoms with Gasteiger partial charge >= 0.3 is 0 Å². The second-order valence-electron chi connectivity index (χ2n) is 5.34. The molecule has 0 atom stereocenters. The molecule has 1 fully saturated rings. The first-order chi connectivity index (χ1) is 8.52. The molecule has 0 saturated carbocycles. The highest BCUT2D eigenvalue weighted by atomic mass is 35.5. The highest BCUT2D eigenvalue weighted by molar-refractivity contribution is 8.00. The lowest BCUT2D eigenvalue weighted by Crippen LogP contribution is -2.27. The minimum atomic E-state index is 0.373. The van der Waals surface area contributed by atoms with Gasteiger partial charge in [-0.25, -0.2) is 0 Å². The van der Waals surface area contributed by atoms with Crippen molar-refractivity contribution in [1.29, 1.82) is 0 Å². The fraction of sp³-hybridized carbons (Fsp3) is 0.571. The third-order valence-electron chi connectivity index (χ3n) is 3.43. The molecule has 1 aromatic rings. The van der Waals surface area contributed by atoms with Crippen LogP contribution >= 0.6 is 23.4 Å². The van der Waals surface area contributed by atoms with Gasteiger partial charge in [-0.15, -0.1) is 0 Å². The van der Waals surface area contributed by atoms with E-state index < -0.39 is 0 Å². The van der Waals surface area contributed by atoms with E-state index in [0.717, 1.165) is 35.1 Å². The molecule has 0 spiro atoms. The van der Waals surface area contributed by atoms with Gasteiger partial charge in [-0.1, -0.05) is 31.5 Å². The molecule has 0 amide bonds. The molecule has 0 aliphatic carbocycles. The molecule has 0 radical (unpaired) electrons. The molecule has 1 aromatic carbocycles. The van der Waals surface area contributed by atoms with E-state index in [1.807, 2.05) is 17.8 Å². The van der Waals surface area contributed by atoms with E-state index in [1.165, 1.54) is 6.42 Å². The Bertz CT molecular complexity index is 420. The Kier molecular flexibility index (Phi) is 4.46. The molecule has 2 N–H and O–H groups in total. The topological polar surface area (TPSA) is 29.3 Å². The number of hydrogen-bond donors (Lipinski definition) is 1. The maximum Gasteiger partial charge on any atom is 0.0642 e. The van der Waals surface area contributed by atoms with Gasteiger partial charge in [-0.3, -0.25) is 0 Å². The average molecular weight is 285 g/mol. The summed E-state index contributed by atoms with van der Waals surface area (Å²) in [7, 11) is 0. The summed E-state index contributed by atoms with van der Waals surface area (Å²) in [6.45, 7) is 7.32. The van der Waals surface area contributed by atoms with Crippen LogP contribution in [0.5, 0.6) is 0 Å². The monoisotopic (exact) mass is 284 g/mol. The number of halogens is 1. The van der Waals surface area contributed by atoms with Gasteiger partial charge in [-0.05, 0) is 24.1 Å². The zero-order chi connectivity index (χ0) is 13.2. The highest BCUT2D eigenvalue weighted by Gasteiger charge is 2.24. The molecular formula is C14H21ClN2S. The van der Waals surface area contributed by atoms with Crippen molar-refractivity contribution >= 4 is 29.1 Å². The predicted octanol–water partition coefficient (Wildman–Crippen LogP) is 3.52. The first-order valence-corrected chi connectivity index (χ1v) is 7.75. The number of rotatable bonds is 2. The van der Waals surface area contributed by atoms with E-state index >= 15 is 0 Å². The van der Waals surface area contributed by atoms with Crippen molar-refractivity contribution in [3.05, 3.63) is 28.8 Å². The Morgan fingerprint density at radius 1 is 1.39 bits per heavy atom. The lowest BCUT2D eigenvalue weighted by atomic mass is 10.1. The largest absolute Gasteiger partial charge is 0.369 e. The summed E-state index contributed by atoms with van der Waals surface area (Å²) in [6, 6.07) is 6.16. The smallest absolute Gasteiger partial charge is 0.0642 e. The molecule has 18 heavy (non-hydrogen) atoms. The molecule has 1 heterocycles. The lowest BCUT2D eigenvalue weighted by molar-refractivity contribution is 0.638.